The highest BCUT2D eigenvalue weighted by atomic mass is 35.5. The Bertz CT molecular complexity index is 1270. The van der Waals surface area contributed by atoms with Gasteiger partial charge in [0.2, 0.25) is 5.91 Å². The number of methoxy groups -OCH3 is 1. The molecule has 2 aromatic rings. The predicted molar refractivity (Wildman–Crippen MR) is 147 cm³/mol. The summed E-state index contributed by atoms with van der Waals surface area (Å²) in [6.07, 6.45) is 11.2. The van der Waals surface area contributed by atoms with Gasteiger partial charge in [-0.15, -0.1) is 0 Å². The topological polar surface area (TPSA) is 128 Å². The predicted octanol–water partition coefficient (Wildman–Crippen LogP) is 5.46. The number of urea groups is 1. The van der Waals surface area contributed by atoms with Gasteiger partial charge in [-0.2, -0.15) is 0 Å². The molecule has 2 bridgehead atoms. The highest BCUT2D eigenvalue weighted by Crippen LogP contribution is 2.33. The number of rotatable bonds is 5. The highest BCUT2D eigenvalue weighted by Gasteiger charge is 2.32. The number of allylic oxidation sites excluding steroid dienone is 3. The molecule has 2 aliphatic heterocycles. The minimum absolute atomic E-state index is 0.0123. The molecule has 200 valence electrons. The molecule has 0 saturated carbocycles. The molecule has 2 atom stereocenters. The van der Waals surface area contributed by atoms with Crippen molar-refractivity contribution in [1.82, 2.24) is 20.2 Å². The van der Waals surface area contributed by atoms with Gasteiger partial charge in [0.15, 0.2) is 0 Å². The van der Waals surface area contributed by atoms with Crippen molar-refractivity contribution < 1.29 is 19.1 Å². The van der Waals surface area contributed by atoms with Gasteiger partial charge >= 0.3 is 12.1 Å². The molecule has 3 heterocycles. The zero-order valence-electron chi connectivity index (χ0n) is 21.1. The monoisotopic (exact) mass is 538 g/mol. The van der Waals surface area contributed by atoms with Crippen LogP contribution in [0.4, 0.5) is 21.0 Å². The summed E-state index contributed by atoms with van der Waals surface area (Å²) < 4.78 is 4.67. The number of ether oxygens (including phenoxy) is 1. The number of hydrogen-bond acceptors (Lipinski definition) is 5. The Hall–Kier alpha value is -4.05. The van der Waals surface area contributed by atoms with Gasteiger partial charge in [-0.05, 0) is 43.9 Å². The normalized spacial score (nSPS) is 21.0. The molecule has 1 fully saturated rings. The van der Waals surface area contributed by atoms with E-state index >= 15 is 0 Å². The van der Waals surface area contributed by atoms with Crippen LogP contribution in [0.1, 0.15) is 44.0 Å². The van der Waals surface area contributed by atoms with Crippen molar-refractivity contribution >= 4 is 41.0 Å². The lowest BCUT2D eigenvalue weighted by molar-refractivity contribution is -0.116. The number of anilines is 2. The Morgan fingerprint density at radius 2 is 2.18 bits per heavy atom. The number of halogens is 1. The summed E-state index contributed by atoms with van der Waals surface area (Å²) in [6.45, 7) is 4.21. The number of aromatic amines is 1. The third-order valence-corrected chi connectivity index (χ3v) is 6.77. The van der Waals surface area contributed by atoms with Crippen LogP contribution in [0.25, 0.3) is 11.3 Å². The van der Waals surface area contributed by atoms with Gasteiger partial charge in [0, 0.05) is 35.3 Å². The van der Waals surface area contributed by atoms with E-state index in [2.05, 4.69) is 37.2 Å². The molecule has 4 N–H and O–H groups in total. The van der Waals surface area contributed by atoms with Crippen LogP contribution in [-0.4, -0.2) is 52.6 Å². The van der Waals surface area contributed by atoms with Crippen molar-refractivity contribution in [3.05, 3.63) is 66.1 Å². The first-order chi connectivity index (χ1) is 18.4. The summed E-state index contributed by atoms with van der Waals surface area (Å²) >= 11 is 6.03. The fraction of sp³-hybridized carbons (Fsp3) is 0.333. The lowest BCUT2D eigenvalue weighted by atomic mass is 10.0. The van der Waals surface area contributed by atoms with Crippen LogP contribution in [0.2, 0.25) is 0 Å². The molecule has 4 rings (SSSR count). The molecule has 2 unspecified atom stereocenters. The van der Waals surface area contributed by atoms with Gasteiger partial charge in [0.05, 0.1) is 30.7 Å². The van der Waals surface area contributed by atoms with Crippen LogP contribution in [0, 0.1) is 0 Å². The molecule has 1 aromatic heterocycles. The van der Waals surface area contributed by atoms with Crippen molar-refractivity contribution in [2.24, 2.45) is 0 Å². The number of H-pyrrole nitrogens is 1. The second-order valence-corrected chi connectivity index (χ2v) is 9.46. The fourth-order valence-electron chi connectivity index (χ4n) is 4.47. The van der Waals surface area contributed by atoms with Crippen molar-refractivity contribution in [3.8, 4) is 11.3 Å². The van der Waals surface area contributed by atoms with Crippen molar-refractivity contribution in [1.29, 1.82) is 0 Å². The molecule has 2 aliphatic rings. The van der Waals surface area contributed by atoms with Gasteiger partial charge in [0.25, 0.3) is 0 Å². The van der Waals surface area contributed by atoms with Crippen molar-refractivity contribution in [3.63, 3.8) is 0 Å². The number of aromatic nitrogens is 2. The maximum absolute atomic E-state index is 13.1. The van der Waals surface area contributed by atoms with Crippen LogP contribution < -0.4 is 16.0 Å². The largest absolute Gasteiger partial charge is 0.453 e. The average molecular weight is 539 g/mol. The average Bonchev–Trinajstić information content (AvgIpc) is 3.39. The van der Waals surface area contributed by atoms with Gasteiger partial charge in [-0.1, -0.05) is 42.5 Å². The summed E-state index contributed by atoms with van der Waals surface area (Å²) in [5, 5.41) is 9.18. The summed E-state index contributed by atoms with van der Waals surface area (Å²) in [6, 6.07) is 4.67. The van der Waals surface area contributed by atoms with Crippen LogP contribution in [-0.2, 0) is 9.53 Å². The number of benzene rings is 1. The first kappa shape index (κ1) is 27.0. The van der Waals surface area contributed by atoms with Gasteiger partial charge in [-0.3, -0.25) is 10.1 Å². The second-order valence-electron chi connectivity index (χ2n) is 9.03. The molecular formula is C27H31ClN6O4. The Kier molecular flexibility index (Phi) is 8.85. The van der Waals surface area contributed by atoms with E-state index in [-0.39, 0.29) is 30.4 Å². The van der Waals surface area contributed by atoms with Crippen LogP contribution in [0.15, 0.2) is 60.3 Å². The quantitative estimate of drug-likeness (QED) is 0.297. The van der Waals surface area contributed by atoms with E-state index in [1.54, 1.807) is 35.4 Å². The van der Waals surface area contributed by atoms with Gasteiger partial charge in [-0.25, -0.2) is 14.6 Å². The maximum atomic E-state index is 13.1. The first-order valence-corrected chi connectivity index (χ1v) is 12.8. The summed E-state index contributed by atoms with van der Waals surface area (Å²) in [7, 11) is 1.28. The number of fused-ring (bicyclic) bond motifs is 4. The number of nitrogens with one attached hydrogen (secondary N) is 4. The van der Waals surface area contributed by atoms with E-state index < -0.39 is 6.09 Å². The van der Waals surface area contributed by atoms with E-state index in [4.69, 9.17) is 11.6 Å². The highest BCUT2D eigenvalue weighted by molar-refractivity contribution is 6.31. The van der Waals surface area contributed by atoms with Crippen LogP contribution >= 0.6 is 11.6 Å². The van der Waals surface area contributed by atoms with E-state index in [0.29, 0.717) is 59.3 Å². The number of hydrogen-bond donors (Lipinski definition) is 4. The second kappa shape index (κ2) is 12.5. The molecule has 10 nitrogen and oxygen atoms in total. The fourth-order valence-corrected chi connectivity index (χ4v) is 4.56. The van der Waals surface area contributed by atoms with Gasteiger partial charge in [0.1, 0.15) is 5.82 Å². The number of amides is 4. The standard InChI is InChI=1S/C27H31ClN6O4/c1-3-17(28)9-10-18-13-14-34(26(36)30-18)23-7-5-4-6-8-24(35)32-21-15-19(31-27(37)38-2)11-12-20(21)22-16-29-25(23)33-22/h3-5,9,11-12,15-16,18,23H,1,6-8,10,13-14H2,2H3,(H,29,33)(H,30,36)(H,31,37)(H,32,35)/b5-4+,17-9+. The molecule has 0 radical (unpaired) electrons. The van der Waals surface area contributed by atoms with Gasteiger partial charge < -0.3 is 25.3 Å². The van der Waals surface area contributed by atoms with E-state index in [0.717, 1.165) is 6.42 Å². The minimum Gasteiger partial charge on any atom is -0.453 e. The molecule has 0 aliphatic carbocycles. The van der Waals surface area contributed by atoms with E-state index in [9.17, 15) is 14.4 Å². The van der Waals surface area contributed by atoms with E-state index in [1.807, 2.05) is 18.2 Å². The Morgan fingerprint density at radius 1 is 1.34 bits per heavy atom. The smallest absolute Gasteiger partial charge is 0.411 e. The molecule has 4 amide bonds. The first-order valence-electron chi connectivity index (χ1n) is 12.4. The Morgan fingerprint density at radius 3 is 2.95 bits per heavy atom. The SMILES string of the molecule is C=C/C(Cl)=C\CC1CCN(C2C/C=C/CCC(=O)Nc3cc(NC(=O)OC)ccc3-c3cnc2[nH]3)C(=O)N1. The lowest BCUT2D eigenvalue weighted by Gasteiger charge is -2.37. The number of nitrogens with zero attached hydrogens (tertiary/aromatic N) is 2. The Balaban J connectivity index is 1.61. The third kappa shape index (κ3) is 6.63. The molecule has 0 spiro atoms. The van der Waals surface area contributed by atoms with E-state index in [1.165, 1.54) is 7.11 Å². The summed E-state index contributed by atoms with van der Waals surface area (Å²) in [5.74, 6) is 0.481. The number of imidazole rings is 1. The van der Waals surface area contributed by atoms with Crippen LogP contribution in [0.3, 0.4) is 0 Å². The summed E-state index contributed by atoms with van der Waals surface area (Å²) in [5.41, 5.74) is 2.37. The molecule has 1 saturated heterocycles. The molecule has 1 aromatic carbocycles. The maximum Gasteiger partial charge on any atom is 0.411 e. The summed E-state index contributed by atoms with van der Waals surface area (Å²) in [4.78, 5) is 47.2. The molecule has 11 heteroatoms. The number of carbonyl (C=O) groups excluding carboxylic acids is 3. The minimum atomic E-state index is -0.611. The van der Waals surface area contributed by atoms with Crippen molar-refractivity contribution in [2.45, 2.75) is 44.2 Å². The number of carbonyl (C=O) groups is 3. The molecular weight excluding hydrogens is 508 g/mol. The Labute approximate surface area is 226 Å². The zero-order valence-corrected chi connectivity index (χ0v) is 21.9. The molecule has 38 heavy (non-hydrogen) atoms. The zero-order chi connectivity index (χ0) is 27.1. The lowest BCUT2D eigenvalue weighted by Crippen LogP contribution is -2.52. The van der Waals surface area contributed by atoms with Crippen molar-refractivity contribution in [2.75, 3.05) is 24.3 Å². The third-order valence-electron chi connectivity index (χ3n) is 6.47. The van der Waals surface area contributed by atoms with Crippen LogP contribution in [0.5, 0.6) is 0 Å².